The van der Waals surface area contributed by atoms with E-state index in [1.807, 2.05) is 6.07 Å². The fourth-order valence-corrected chi connectivity index (χ4v) is 5.02. The summed E-state index contributed by atoms with van der Waals surface area (Å²) >= 11 is 0. The van der Waals surface area contributed by atoms with Gasteiger partial charge >= 0.3 is 0 Å². The molecular weight excluding hydrogens is 442 g/mol. The summed E-state index contributed by atoms with van der Waals surface area (Å²) in [6.45, 7) is 5.70. The van der Waals surface area contributed by atoms with Gasteiger partial charge in [-0.15, -0.1) is 0 Å². The predicted octanol–water partition coefficient (Wildman–Crippen LogP) is 3.30. The van der Waals surface area contributed by atoms with E-state index in [2.05, 4.69) is 15.2 Å². The molecule has 0 radical (unpaired) electrons. The molecule has 9 heteroatoms. The van der Waals surface area contributed by atoms with Gasteiger partial charge in [0.2, 0.25) is 11.8 Å². The van der Waals surface area contributed by atoms with Crippen molar-refractivity contribution >= 4 is 16.7 Å². The van der Waals surface area contributed by atoms with Crippen molar-refractivity contribution < 1.29 is 22.9 Å². The fourth-order valence-electron chi connectivity index (χ4n) is 3.95. The van der Waals surface area contributed by atoms with Crippen molar-refractivity contribution in [2.75, 3.05) is 46.2 Å². The van der Waals surface area contributed by atoms with Gasteiger partial charge in [-0.25, -0.2) is 4.98 Å². The molecule has 1 amide bonds. The molecule has 2 heterocycles. The van der Waals surface area contributed by atoms with E-state index >= 15 is 0 Å². The summed E-state index contributed by atoms with van der Waals surface area (Å²) in [5, 5.41) is 2.90. The number of nitrogens with one attached hydrogen (secondary N) is 1. The molecule has 1 aliphatic heterocycles. The van der Waals surface area contributed by atoms with Crippen LogP contribution >= 0.6 is 0 Å². The highest BCUT2D eigenvalue weighted by molar-refractivity contribution is 7.84. The van der Waals surface area contributed by atoms with Gasteiger partial charge in [0.25, 0.3) is 0 Å². The number of hydrogen-bond acceptors (Lipinski definition) is 7. The molecule has 33 heavy (non-hydrogen) atoms. The molecule has 0 spiro atoms. The van der Waals surface area contributed by atoms with Crippen molar-refractivity contribution in [3.8, 4) is 23.0 Å². The van der Waals surface area contributed by atoms with Crippen molar-refractivity contribution in [2.45, 2.75) is 44.8 Å². The second-order valence-corrected chi connectivity index (χ2v) is 9.74. The Bertz CT molecular complexity index is 938. The summed E-state index contributed by atoms with van der Waals surface area (Å²) < 4.78 is 28.9. The summed E-state index contributed by atoms with van der Waals surface area (Å²) in [5.74, 6) is 2.13. The van der Waals surface area contributed by atoms with Crippen LogP contribution < -0.4 is 14.8 Å². The Morgan fingerprint density at radius 1 is 1.15 bits per heavy atom. The molecule has 1 saturated heterocycles. The molecule has 1 fully saturated rings. The van der Waals surface area contributed by atoms with Crippen LogP contribution in [0.2, 0.25) is 0 Å². The van der Waals surface area contributed by atoms with Crippen LogP contribution in [0.3, 0.4) is 0 Å². The minimum Gasteiger partial charge on any atom is -0.493 e. The fraction of sp³-hybridized carbons (Fsp3) is 0.583. The molecule has 0 saturated carbocycles. The van der Waals surface area contributed by atoms with E-state index in [-0.39, 0.29) is 17.4 Å². The molecular formula is C24H35N3O5S. The molecule has 1 aliphatic rings. The largest absolute Gasteiger partial charge is 0.493 e. The number of hydrogen-bond donors (Lipinski definition) is 1. The third-order valence-corrected chi connectivity index (χ3v) is 6.96. The third kappa shape index (κ3) is 7.57. The number of aromatic nitrogens is 1. The first-order valence-electron chi connectivity index (χ1n) is 11.5. The Hall–Kier alpha value is -2.39. The van der Waals surface area contributed by atoms with Gasteiger partial charge in [-0.1, -0.05) is 12.8 Å². The number of aryl methyl sites for hydroxylation is 1. The summed E-state index contributed by atoms with van der Waals surface area (Å²) in [5.41, 5.74) is 1.32. The first-order chi connectivity index (χ1) is 16.0. The highest BCUT2D eigenvalue weighted by Gasteiger charge is 2.17. The average Bonchev–Trinajstić information content (AvgIpc) is 3.00. The number of oxazole rings is 1. The third-order valence-electron chi connectivity index (χ3n) is 5.78. The number of carbonyl (C=O) groups excluding carboxylic acids is 1. The quantitative estimate of drug-likeness (QED) is 0.496. The molecule has 1 aromatic carbocycles. The second kappa shape index (κ2) is 12.7. The zero-order valence-electron chi connectivity index (χ0n) is 19.9. The Labute approximate surface area is 198 Å². The monoisotopic (exact) mass is 477 g/mol. The van der Waals surface area contributed by atoms with Crippen molar-refractivity contribution in [3.05, 3.63) is 29.7 Å². The van der Waals surface area contributed by atoms with Crippen LogP contribution in [0.25, 0.3) is 11.5 Å². The summed E-state index contributed by atoms with van der Waals surface area (Å²) in [7, 11) is 1.77. The smallest absolute Gasteiger partial charge is 0.232 e. The van der Waals surface area contributed by atoms with Crippen LogP contribution in [0.15, 0.2) is 22.6 Å². The van der Waals surface area contributed by atoms with Gasteiger partial charge < -0.3 is 24.1 Å². The number of benzene rings is 1. The average molecular weight is 478 g/mol. The molecule has 1 unspecified atom stereocenters. The Morgan fingerprint density at radius 2 is 1.88 bits per heavy atom. The van der Waals surface area contributed by atoms with Crippen LogP contribution in [-0.2, 0) is 21.3 Å². The molecule has 1 atom stereocenters. The summed E-state index contributed by atoms with van der Waals surface area (Å²) in [6.07, 6.45) is 6.08. The molecule has 8 nitrogen and oxygen atoms in total. The standard InChI is InChI=1S/C24H35N3O5S/c1-18-20(26-24(32-18)19-9-10-21(30-2)22(15-19)31-3)16-33(29)17-23(28)25-11-8-14-27-12-6-4-5-7-13-27/h9-10,15H,4-8,11-14,16-17H2,1-3H3,(H,25,28). The maximum absolute atomic E-state index is 12.5. The van der Waals surface area contributed by atoms with Gasteiger partial charge in [-0.2, -0.15) is 0 Å². The number of rotatable bonds is 11. The lowest BCUT2D eigenvalue weighted by molar-refractivity contribution is -0.118. The Kier molecular flexibility index (Phi) is 9.75. The predicted molar refractivity (Wildman–Crippen MR) is 129 cm³/mol. The van der Waals surface area contributed by atoms with Crippen molar-refractivity contribution in [3.63, 3.8) is 0 Å². The van der Waals surface area contributed by atoms with Gasteiger partial charge in [-0.3, -0.25) is 9.00 Å². The zero-order valence-corrected chi connectivity index (χ0v) is 20.7. The molecule has 2 aromatic rings. The Balaban J connectivity index is 1.46. The van der Waals surface area contributed by atoms with E-state index in [1.165, 1.54) is 25.7 Å². The SMILES string of the molecule is COc1ccc(-c2nc(CS(=O)CC(=O)NCCCN3CCCCCC3)c(C)o2)cc1OC. The summed E-state index contributed by atoms with van der Waals surface area (Å²) in [4.78, 5) is 19.2. The van der Waals surface area contributed by atoms with Gasteiger partial charge in [0.1, 0.15) is 11.5 Å². The van der Waals surface area contributed by atoms with Crippen molar-refractivity contribution in [2.24, 2.45) is 0 Å². The van der Waals surface area contributed by atoms with Crippen LogP contribution in [-0.4, -0.2) is 66.2 Å². The van der Waals surface area contributed by atoms with Crippen LogP contribution in [0.4, 0.5) is 0 Å². The van der Waals surface area contributed by atoms with Crippen LogP contribution in [0.1, 0.15) is 43.6 Å². The van der Waals surface area contributed by atoms with Crippen molar-refractivity contribution in [1.82, 2.24) is 15.2 Å². The molecule has 3 rings (SSSR count). The maximum Gasteiger partial charge on any atom is 0.232 e. The topological polar surface area (TPSA) is 93.9 Å². The lowest BCUT2D eigenvalue weighted by atomic mass is 10.2. The van der Waals surface area contributed by atoms with Gasteiger partial charge in [0.05, 0.1) is 25.7 Å². The van der Waals surface area contributed by atoms with Crippen LogP contribution in [0, 0.1) is 6.92 Å². The molecule has 0 bridgehead atoms. The van der Waals surface area contributed by atoms with E-state index in [1.54, 1.807) is 33.3 Å². The number of likely N-dealkylation sites (tertiary alicyclic amines) is 1. The second-order valence-electron chi connectivity index (χ2n) is 8.28. The normalized spacial score (nSPS) is 15.6. The number of amides is 1. The van der Waals surface area contributed by atoms with E-state index in [9.17, 15) is 9.00 Å². The van der Waals surface area contributed by atoms with E-state index in [0.717, 1.165) is 31.6 Å². The molecule has 182 valence electrons. The molecule has 1 N–H and O–H groups in total. The minimum atomic E-state index is -1.37. The van der Waals surface area contributed by atoms with E-state index in [4.69, 9.17) is 13.9 Å². The van der Waals surface area contributed by atoms with Gasteiger partial charge in [-0.05, 0) is 64.0 Å². The zero-order chi connectivity index (χ0) is 23.6. The van der Waals surface area contributed by atoms with Crippen molar-refractivity contribution in [1.29, 1.82) is 0 Å². The Morgan fingerprint density at radius 3 is 2.58 bits per heavy atom. The highest BCUT2D eigenvalue weighted by atomic mass is 32.2. The number of ether oxygens (including phenoxy) is 2. The lowest BCUT2D eigenvalue weighted by Crippen LogP contribution is -2.32. The van der Waals surface area contributed by atoms with E-state index < -0.39 is 10.8 Å². The summed E-state index contributed by atoms with van der Waals surface area (Å²) in [6, 6.07) is 5.39. The molecule has 1 aromatic heterocycles. The lowest BCUT2D eigenvalue weighted by Gasteiger charge is -2.19. The van der Waals surface area contributed by atoms with Gasteiger partial charge in [0.15, 0.2) is 11.5 Å². The highest BCUT2D eigenvalue weighted by Crippen LogP contribution is 2.32. The first kappa shape index (κ1) is 25.2. The molecule has 0 aliphatic carbocycles. The van der Waals surface area contributed by atoms with Crippen LogP contribution in [0.5, 0.6) is 11.5 Å². The van der Waals surface area contributed by atoms with Gasteiger partial charge in [0, 0.05) is 22.9 Å². The van der Waals surface area contributed by atoms with E-state index in [0.29, 0.717) is 35.4 Å². The number of carbonyl (C=O) groups is 1. The number of methoxy groups -OCH3 is 2. The number of nitrogens with zero attached hydrogens (tertiary/aromatic N) is 2. The maximum atomic E-state index is 12.5. The minimum absolute atomic E-state index is 0.0400. The first-order valence-corrected chi connectivity index (χ1v) is 13.0.